The highest BCUT2D eigenvalue weighted by molar-refractivity contribution is 5.97. The first-order valence-corrected chi connectivity index (χ1v) is 10.6. The molecule has 3 aliphatic rings. The predicted octanol–water partition coefficient (Wildman–Crippen LogP) is 1.17. The van der Waals surface area contributed by atoms with Crippen molar-refractivity contribution in [2.75, 3.05) is 46.4 Å². The van der Waals surface area contributed by atoms with Gasteiger partial charge < -0.3 is 14.2 Å². The van der Waals surface area contributed by atoms with E-state index in [9.17, 15) is 9.59 Å². The van der Waals surface area contributed by atoms with Gasteiger partial charge in [0.05, 0.1) is 12.7 Å². The highest BCUT2D eigenvalue weighted by Gasteiger charge is 2.38. The molecule has 7 heteroatoms. The Labute approximate surface area is 166 Å². The van der Waals surface area contributed by atoms with Crippen LogP contribution in [0.15, 0.2) is 17.1 Å². The van der Waals surface area contributed by atoms with Gasteiger partial charge in [-0.2, -0.15) is 0 Å². The molecule has 0 radical (unpaired) electrons. The smallest absolute Gasteiger partial charge is 0.259 e. The van der Waals surface area contributed by atoms with Crippen LogP contribution in [0.2, 0.25) is 0 Å². The molecular formula is C21H32N4O3. The Bertz CT molecular complexity index is 757. The molecule has 0 atom stereocenters. The summed E-state index contributed by atoms with van der Waals surface area (Å²) in [5, 5.41) is 0. The van der Waals surface area contributed by atoms with Crippen LogP contribution in [0.4, 0.5) is 0 Å². The molecule has 2 aliphatic heterocycles. The minimum Gasteiger partial charge on any atom is -0.496 e. The van der Waals surface area contributed by atoms with Crippen molar-refractivity contribution in [1.82, 2.24) is 19.3 Å². The molecule has 1 aliphatic carbocycles. The zero-order valence-electron chi connectivity index (χ0n) is 17.1. The molecule has 3 fully saturated rings. The second kappa shape index (κ2) is 8.25. The number of aromatic nitrogens is 1. The third-order valence-corrected chi connectivity index (χ3v) is 6.75. The lowest BCUT2D eigenvalue weighted by atomic mass is 9.93. The largest absolute Gasteiger partial charge is 0.496 e. The molecule has 0 aromatic carbocycles. The predicted molar refractivity (Wildman–Crippen MR) is 108 cm³/mol. The van der Waals surface area contributed by atoms with Gasteiger partial charge in [-0.3, -0.25) is 19.4 Å². The molecule has 0 unspecified atom stereocenters. The number of carbonyl (C=O) groups is 1. The van der Waals surface area contributed by atoms with Gasteiger partial charge in [0, 0.05) is 70.7 Å². The molecule has 2 saturated heterocycles. The summed E-state index contributed by atoms with van der Waals surface area (Å²) in [7, 11) is 3.15. The van der Waals surface area contributed by atoms with E-state index in [0.717, 1.165) is 45.3 Å². The molecule has 0 N–H and O–H groups in total. The fourth-order valence-electron chi connectivity index (χ4n) is 4.88. The zero-order chi connectivity index (χ0) is 19.7. The molecule has 1 aromatic heterocycles. The molecule has 0 bridgehead atoms. The SMILES string of the molecule is COc1cc(=O)n(C)cc1C(=O)N1CC(N2CCN(C3CCCCC3)CC2)C1. The van der Waals surface area contributed by atoms with Gasteiger partial charge in [0.25, 0.3) is 11.5 Å². The summed E-state index contributed by atoms with van der Waals surface area (Å²) in [5.41, 5.74) is 0.288. The van der Waals surface area contributed by atoms with Gasteiger partial charge >= 0.3 is 0 Å². The molecule has 0 spiro atoms. The summed E-state index contributed by atoms with van der Waals surface area (Å²) in [6.07, 6.45) is 8.50. The van der Waals surface area contributed by atoms with Gasteiger partial charge in [-0.25, -0.2) is 0 Å². The molecule has 7 nitrogen and oxygen atoms in total. The highest BCUT2D eigenvalue weighted by atomic mass is 16.5. The van der Waals surface area contributed by atoms with Gasteiger partial charge in [-0.15, -0.1) is 0 Å². The Balaban J connectivity index is 1.30. The molecule has 154 valence electrons. The number of hydrogen-bond acceptors (Lipinski definition) is 5. The average Bonchev–Trinajstić information content (AvgIpc) is 2.69. The molecule has 1 aromatic rings. The summed E-state index contributed by atoms with van der Waals surface area (Å²) in [4.78, 5) is 31.7. The van der Waals surface area contributed by atoms with Crippen LogP contribution in [0, 0.1) is 0 Å². The van der Waals surface area contributed by atoms with Crippen LogP contribution in [-0.2, 0) is 7.05 Å². The second-order valence-corrected chi connectivity index (χ2v) is 8.43. The van der Waals surface area contributed by atoms with Crippen molar-refractivity contribution in [1.29, 1.82) is 0 Å². The van der Waals surface area contributed by atoms with Gasteiger partial charge in [0.15, 0.2) is 0 Å². The van der Waals surface area contributed by atoms with E-state index in [1.807, 2.05) is 4.90 Å². The molecular weight excluding hydrogens is 356 g/mol. The van der Waals surface area contributed by atoms with Crippen molar-refractivity contribution >= 4 is 5.91 Å². The van der Waals surface area contributed by atoms with Crippen LogP contribution in [0.25, 0.3) is 0 Å². The maximum Gasteiger partial charge on any atom is 0.259 e. The van der Waals surface area contributed by atoms with Crippen LogP contribution < -0.4 is 10.3 Å². The van der Waals surface area contributed by atoms with Crippen LogP contribution >= 0.6 is 0 Å². The number of ether oxygens (including phenoxy) is 1. The van der Waals surface area contributed by atoms with E-state index < -0.39 is 0 Å². The fraction of sp³-hybridized carbons (Fsp3) is 0.714. The lowest BCUT2D eigenvalue weighted by molar-refractivity contribution is -0.00278. The van der Waals surface area contributed by atoms with Crippen LogP contribution in [0.3, 0.4) is 0 Å². The van der Waals surface area contributed by atoms with Crippen molar-refractivity contribution in [3.63, 3.8) is 0 Å². The van der Waals surface area contributed by atoms with Crippen molar-refractivity contribution in [3.8, 4) is 5.75 Å². The van der Waals surface area contributed by atoms with E-state index in [0.29, 0.717) is 17.4 Å². The lowest BCUT2D eigenvalue weighted by Gasteiger charge is -2.49. The van der Waals surface area contributed by atoms with Crippen LogP contribution in [0.1, 0.15) is 42.5 Å². The first-order chi connectivity index (χ1) is 13.6. The lowest BCUT2D eigenvalue weighted by Crippen LogP contribution is -2.64. The number of rotatable bonds is 4. The Morgan fingerprint density at radius 1 is 1.00 bits per heavy atom. The summed E-state index contributed by atoms with van der Waals surface area (Å²) in [6, 6.07) is 2.64. The van der Waals surface area contributed by atoms with Gasteiger partial charge in [0.2, 0.25) is 0 Å². The van der Waals surface area contributed by atoms with E-state index in [1.165, 1.54) is 49.8 Å². The Morgan fingerprint density at radius 2 is 1.61 bits per heavy atom. The fourth-order valence-corrected chi connectivity index (χ4v) is 4.88. The van der Waals surface area contributed by atoms with E-state index in [2.05, 4.69) is 9.80 Å². The number of carbonyl (C=O) groups excluding carboxylic acids is 1. The standard InChI is InChI=1S/C21H32N4O3/c1-22-15-18(19(28-2)12-20(22)26)21(27)25-13-17(14-25)24-10-8-23(9-11-24)16-6-4-3-5-7-16/h12,15-17H,3-11,13-14H2,1-2H3. The Hall–Kier alpha value is -1.86. The number of methoxy groups -OCH3 is 1. The van der Waals surface area contributed by atoms with E-state index in [1.54, 1.807) is 13.2 Å². The average molecular weight is 389 g/mol. The van der Waals surface area contributed by atoms with E-state index in [4.69, 9.17) is 4.74 Å². The summed E-state index contributed by atoms with van der Waals surface area (Å²) >= 11 is 0. The maximum absolute atomic E-state index is 12.9. The summed E-state index contributed by atoms with van der Waals surface area (Å²) in [5.74, 6) is 0.308. The number of amides is 1. The van der Waals surface area contributed by atoms with E-state index >= 15 is 0 Å². The van der Waals surface area contributed by atoms with Crippen molar-refractivity contribution in [2.45, 2.75) is 44.2 Å². The first-order valence-electron chi connectivity index (χ1n) is 10.6. The molecule has 28 heavy (non-hydrogen) atoms. The summed E-state index contributed by atoms with van der Waals surface area (Å²) in [6.45, 7) is 6.04. The third kappa shape index (κ3) is 3.82. The van der Waals surface area contributed by atoms with Crippen LogP contribution in [-0.4, -0.2) is 83.6 Å². The molecule has 4 rings (SSSR count). The van der Waals surface area contributed by atoms with Crippen LogP contribution in [0.5, 0.6) is 5.75 Å². The Kier molecular flexibility index (Phi) is 5.73. The van der Waals surface area contributed by atoms with Crippen molar-refractivity contribution in [3.05, 3.63) is 28.2 Å². The van der Waals surface area contributed by atoms with Crippen molar-refractivity contribution < 1.29 is 9.53 Å². The van der Waals surface area contributed by atoms with Crippen molar-refractivity contribution in [2.24, 2.45) is 7.05 Å². The Morgan fingerprint density at radius 3 is 2.21 bits per heavy atom. The number of likely N-dealkylation sites (tertiary alicyclic amines) is 1. The van der Waals surface area contributed by atoms with E-state index in [-0.39, 0.29) is 11.5 Å². The number of pyridine rings is 1. The quantitative estimate of drug-likeness (QED) is 0.775. The maximum atomic E-state index is 12.9. The van der Waals surface area contributed by atoms with Gasteiger partial charge in [-0.05, 0) is 12.8 Å². The third-order valence-electron chi connectivity index (χ3n) is 6.75. The number of aryl methyl sites for hydroxylation is 1. The monoisotopic (exact) mass is 388 g/mol. The molecule has 1 amide bonds. The zero-order valence-corrected chi connectivity index (χ0v) is 17.1. The molecule has 1 saturated carbocycles. The number of piperazine rings is 1. The minimum atomic E-state index is -0.175. The second-order valence-electron chi connectivity index (χ2n) is 8.43. The van der Waals surface area contributed by atoms with Gasteiger partial charge in [0.1, 0.15) is 5.75 Å². The number of hydrogen-bond donors (Lipinski definition) is 0. The number of nitrogens with zero attached hydrogens (tertiary/aromatic N) is 4. The first kappa shape index (κ1) is 19.5. The topological polar surface area (TPSA) is 58.0 Å². The summed E-state index contributed by atoms with van der Waals surface area (Å²) < 4.78 is 6.68. The normalized spacial score (nSPS) is 22.9. The minimum absolute atomic E-state index is 0.0514. The molecule has 3 heterocycles. The highest BCUT2D eigenvalue weighted by Crippen LogP contribution is 2.26. The van der Waals surface area contributed by atoms with Gasteiger partial charge in [-0.1, -0.05) is 19.3 Å².